The molecule has 0 aliphatic carbocycles. The number of methoxy groups -OCH3 is 1. The summed E-state index contributed by atoms with van der Waals surface area (Å²) in [6.45, 7) is 5.11. The van der Waals surface area contributed by atoms with Crippen LogP contribution >= 0.6 is 0 Å². The van der Waals surface area contributed by atoms with Gasteiger partial charge in [0.1, 0.15) is 5.75 Å². The molecule has 0 radical (unpaired) electrons. The van der Waals surface area contributed by atoms with Crippen LogP contribution in [0.4, 0.5) is 0 Å². The Morgan fingerprint density at radius 2 is 2.29 bits per heavy atom. The molecular formula is C17H26N2O2. The molecule has 2 rings (SSSR count). The number of nitrogens with zero attached hydrogens (tertiary/aromatic N) is 1. The summed E-state index contributed by atoms with van der Waals surface area (Å²) in [7, 11) is 1.64. The van der Waals surface area contributed by atoms with Crippen molar-refractivity contribution in [1.82, 2.24) is 10.2 Å². The first-order valence-corrected chi connectivity index (χ1v) is 7.82. The van der Waals surface area contributed by atoms with E-state index in [1.54, 1.807) is 7.11 Å². The number of rotatable bonds is 6. The van der Waals surface area contributed by atoms with Crippen LogP contribution in [0, 0.1) is 0 Å². The molecule has 0 spiro atoms. The van der Waals surface area contributed by atoms with E-state index < -0.39 is 0 Å². The van der Waals surface area contributed by atoms with E-state index in [1.807, 2.05) is 24.3 Å². The smallest absolute Gasteiger partial charge is 0.224 e. The molecular weight excluding hydrogens is 264 g/mol. The Morgan fingerprint density at radius 1 is 1.43 bits per heavy atom. The van der Waals surface area contributed by atoms with Gasteiger partial charge in [-0.25, -0.2) is 0 Å². The average Bonchev–Trinajstić information content (AvgIpc) is 2.49. The van der Waals surface area contributed by atoms with E-state index in [0.29, 0.717) is 12.5 Å². The molecule has 4 heteroatoms. The van der Waals surface area contributed by atoms with Gasteiger partial charge in [0, 0.05) is 19.1 Å². The number of piperidine rings is 1. The highest BCUT2D eigenvalue weighted by molar-refractivity contribution is 5.78. The van der Waals surface area contributed by atoms with Crippen molar-refractivity contribution < 1.29 is 9.53 Å². The van der Waals surface area contributed by atoms with Crippen LogP contribution in [0.25, 0.3) is 0 Å². The summed E-state index contributed by atoms with van der Waals surface area (Å²) in [5.74, 6) is 0.871. The number of likely N-dealkylation sites (tertiary alicyclic amines) is 1. The zero-order valence-corrected chi connectivity index (χ0v) is 13.1. The molecule has 4 nitrogen and oxygen atoms in total. The minimum atomic E-state index is 0.0768. The molecule has 1 atom stereocenters. The lowest BCUT2D eigenvalue weighted by atomic mass is 10.0. The van der Waals surface area contributed by atoms with Gasteiger partial charge in [0.05, 0.1) is 13.5 Å². The van der Waals surface area contributed by atoms with Gasteiger partial charge in [0.2, 0.25) is 5.91 Å². The van der Waals surface area contributed by atoms with Crippen molar-refractivity contribution >= 4 is 5.91 Å². The van der Waals surface area contributed by atoms with E-state index >= 15 is 0 Å². The third kappa shape index (κ3) is 5.05. The van der Waals surface area contributed by atoms with Crippen molar-refractivity contribution in [2.45, 2.75) is 38.6 Å². The third-order valence-corrected chi connectivity index (χ3v) is 4.16. The van der Waals surface area contributed by atoms with Crippen LogP contribution in [0.1, 0.15) is 31.7 Å². The summed E-state index contributed by atoms with van der Waals surface area (Å²) in [6, 6.07) is 8.31. The number of amides is 1. The van der Waals surface area contributed by atoms with Crippen LogP contribution in [0.2, 0.25) is 0 Å². The van der Waals surface area contributed by atoms with E-state index in [-0.39, 0.29) is 5.91 Å². The maximum absolute atomic E-state index is 12.0. The van der Waals surface area contributed by atoms with Crippen molar-refractivity contribution in [2.75, 3.05) is 26.7 Å². The summed E-state index contributed by atoms with van der Waals surface area (Å²) < 4.78 is 5.17. The normalized spacial score (nSPS) is 19.2. The second-order valence-electron chi connectivity index (χ2n) is 5.76. The van der Waals surface area contributed by atoms with Gasteiger partial charge in [-0.15, -0.1) is 0 Å². The fourth-order valence-corrected chi connectivity index (χ4v) is 2.86. The number of hydrogen-bond donors (Lipinski definition) is 1. The molecule has 1 aromatic carbocycles. The van der Waals surface area contributed by atoms with Gasteiger partial charge in [0.25, 0.3) is 0 Å². The molecule has 1 amide bonds. The van der Waals surface area contributed by atoms with E-state index in [2.05, 4.69) is 17.1 Å². The molecule has 0 saturated carbocycles. The Bertz CT molecular complexity index is 462. The maximum atomic E-state index is 12.0. The van der Waals surface area contributed by atoms with Gasteiger partial charge in [-0.2, -0.15) is 0 Å². The molecule has 1 unspecified atom stereocenters. The number of ether oxygens (including phenoxy) is 1. The van der Waals surface area contributed by atoms with Crippen LogP contribution < -0.4 is 10.1 Å². The monoisotopic (exact) mass is 290 g/mol. The number of nitrogens with one attached hydrogen (secondary N) is 1. The summed E-state index contributed by atoms with van der Waals surface area (Å²) in [5.41, 5.74) is 0.984. The lowest BCUT2D eigenvalue weighted by Crippen LogP contribution is -2.42. The SMILES string of the molecule is COc1cccc(CC(=O)NCCN2CCCCC2C)c1. The highest BCUT2D eigenvalue weighted by atomic mass is 16.5. The molecule has 1 aliphatic rings. The van der Waals surface area contributed by atoms with Crippen molar-refractivity contribution in [3.8, 4) is 5.75 Å². The maximum Gasteiger partial charge on any atom is 0.224 e. The van der Waals surface area contributed by atoms with E-state index in [1.165, 1.54) is 19.3 Å². The van der Waals surface area contributed by atoms with Gasteiger partial charge in [-0.1, -0.05) is 18.6 Å². The standard InChI is InChI=1S/C17H26N2O2/c1-14-6-3-4-10-19(14)11-9-18-17(20)13-15-7-5-8-16(12-15)21-2/h5,7-8,12,14H,3-4,6,9-11,13H2,1-2H3,(H,18,20). The minimum absolute atomic E-state index is 0.0768. The zero-order chi connectivity index (χ0) is 15.1. The molecule has 0 aromatic heterocycles. The van der Waals surface area contributed by atoms with Crippen molar-refractivity contribution in [1.29, 1.82) is 0 Å². The summed E-state index contributed by atoms with van der Waals surface area (Å²) >= 11 is 0. The van der Waals surface area contributed by atoms with E-state index in [0.717, 1.165) is 30.9 Å². The van der Waals surface area contributed by atoms with Gasteiger partial charge < -0.3 is 10.1 Å². The van der Waals surface area contributed by atoms with Crippen molar-refractivity contribution in [3.05, 3.63) is 29.8 Å². The fourth-order valence-electron chi connectivity index (χ4n) is 2.86. The predicted octanol–water partition coefficient (Wildman–Crippen LogP) is 2.23. The number of carbonyl (C=O) groups is 1. The highest BCUT2D eigenvalue weighted by Crippen LogP contribution is 2.15. The summed E-state index contributed by atoms with van der Waals surface area (Å²) in [5, 5.41) is 3.02. The van der Waals surface area contributed by atoms with E-state index in [9.17, 15) is 4.79 Å². The third-order valence-electron chi connectivity index (χ3n) is 4.16. The van der Waals surface area contributed by atoms with Crippen LogP contribution in [0.5, 0.6) is 5.75 Å². The Kier molecular flexibility index (Phi) is 6.05. The molecule has 0 bridgehead atoms. The predicted molar refractivity (Wildman–Crippen MR) is 84.6 cm³/mol. The van der Waals surface area contributed by atoms with Gasteiger partial charge in [-0.3, -0.25) is 9.69 Å². The van der Waals surface area contributed by atoms with Gasteiger partial charge in [0.15, 0.2) is 0 Å². The quantitative estimate of drug-likeness (QED) is 0.873. The molecule has 1 heterocycles. The molecule has 21 heavy (non-hydrogen) atoms. The first-order chi connectivity index (χ1) is 10.2. The second-order valence-corrected chi connectivity index (χ2v) is 5.76. The number of benzene rings is 1. The molecule has 1 saturated heterocycles. The van der Waals surface area contributed by atoms with Crippen LogP contribution in [0.15, 0.2) is 24.3 Å². The number of carbonyl (C=O) groups excluding carboxylic acids is 1. The van der Waals surface area contributed by atoms with Gasteiger partial charge >= 0.3 is 0 Å². The van der Waals surface area contributed by atoms with Crippen LogP contribution in [-0.4, -0.2) is 43.6 Å². The lowest BCUT2D eigenvalue weighted by Gasteiger charge is -2.33. The molecule has 1 aliphatic heterocycles. The Balaban J connectivity index is 1.71. The molecule has 1 fully saturated rings. The fraction of sp³-hybridized carbons (Fsp3) is 0.588. The van der Waals surface area contributed by atoms with Crippen molar-refractivity contribution in [3.63, 3.8) is 0 Å². The molecule has 1 aromatic rings. The van der Waals surface area contributed by atoms with Crippen molar-refractivity contribution in [2.24, 2.45) is 0 Å². The minimum Gasteiger partial charge on any atom is -0.497 e. The Morgan fingerprint density at radius 3 is 3.05 bits per heavy atom. The summed E-state index contributed by atoms with van der Waals surface area (Å²) in [6.07, 6.45) is 4.30. The van der Waals surface area contributed by atoms with Gasteiger partial charge in [-0.05, 0) is 44.0 Å². The van der Waals surface area contributed by atoms with Crippen LogP contribution in [0.3, 0.4) is 0 Å². The molecule has 116 valence electrons. The van der Waals surface area contributed by atoms with Crippen LogP contribution in [-0.2, 0) is 11.2 Å². The number of hydrogen-bond acceptors (Lipinski definition) is 3. The first kappa shape index (κ1) is 15.8. The van der Waals surface area contributed by atoms with E-state index in [4.69, 9.17) is 4.74 Å². The Labute approximate surface area is 127 Å². The lowest BCUT2D eigenvalue weighted by molar-refractivity contribution is -0.120. The Hall–Kier alpha value is -1.55. The zero-order valence-electron chi connectivity index (χ0n) is 13.1. The topological polar surface area (TPSA) is 41.6 Å². The average molecular weight is 290 g/mol. The second kappa shape index (κ2) is 8.03. The first-order valence-electron chi connectivity index (χ1n) is 7.82. The summed E-state index contributed by atoms with van der Waals surface area (Å²) in [4.78, 5) is 14.4. The molecule has 1 N–H and O–H groups in total. The highest BCUT2D eigenvalue weighted by Gasteiger charge is 2.17. The largest absolute Gasteiger partial charge is 0.497 e.